The number of furan rings is 1. The van der Waals surface area contributed by atoms with E-state index >= 15 is 0 Å². The summed E-state index contributed by atoms with van der Waals surface area (Å²) in [6, 6.07) is 9.93. The van der Waals surface area contributed by atoms with Crippen LogP contribution in [0.2, 0.25) is 0 Å². The molecule has 4 heterocycles. The SMILES string of the molecule is O=C(O)c1cccc(-c2ccc(C=c3sc4nc(=O)c5c6c(sc5n4c3=O)CCCC6)o2)c1. The molecule has 0 bridgehead atoms. The Bertz CT molecular complexity index is 1760. The van der Waals surface area contributed by atoms with Gasteiger partial charge in [-0.05, 0) is 55.5 Å². The molecular formula is C24H16N2O5S2. The van der Waals surface area contributed by atoms with E-state index in [1.165, 1.54) is 28.3 Å². The highest BCUT2D eigenvalue weighted by molar-refractivity contribution is 7.19. The number of hydrogen-bond donors (Lipinski definition) is 1. The van der Waals surface area contributed by atoms with Crippen molar-refractivity contribution in [3.8, 4) is 11.3 Å². The first kappa shape index (κ1) is 20.1. The highest BCUT2D eigenvalue weighted by Crippen LogP contribution is 2.34. The maximum absolute atomic E-state index is 13.3. The molecule has 0 fully saturated rings. The Kier molecular flexibility index (Phi) is 4.56. The van der Waals surface area contributed by atoms with Crippen LogP contribution in [0.4, 0.5) is 0 Å². The first-order valence-corrected chi connectivity index (χ1v) is 12.1. The minimum absolute atomic E-state index is 0.166. The molecule has 7 nitrogen and oxygen atoms in total. The van der Waals surface area contributed by atoms with E-state index < -0.39 is 5.97 Å². The number of carbonyl (C=O) groups is 1. The van der Waals surface area contributed by atoms with E-state index in [9.17, 15) is 19.5 Å². The van der Waals surface area contributed by atoms with Gasteiger partial charge in [-0.25, -0.2) is 9.20 Å². The molecule has 0 unspecified atom stereocenters. The summed E-state index contributed by atoms with van der Waals surface area (Å²) in [6.07, 6.45) is 5.57. The van der Waals surface area contributed by atoms with Crippen molar-refractivity contribution < 1.29 is 14.3 Å². The van der Waals surface area contributed by atoms with Gasteiger partial charge < -0.3 is 9.52 Å². The number of hydrogen-bond acceptors (Lipinski definition) is 7. The van der Waals surface area contributed by atoms with Crippen LogP contribution in [0.3, 0.4) is 0 Å². The van der Waals surface area contributed by atoms with Gasteiger partial charge in [0.05, 0.1) is 10.9 Å². The number of thiophene rings is 1. The molecule has 1 aliphatic rings. The van der Waals surface area contributed by atoms with Gasteiger partial charge in [0.15, 0.2) is 0 Å². The molecule has 0 atom stereocenters. The fourth-order valence-corrected chi connectivity index (χ4v) is 6.70. The summed E-state index contributed by atoms with van der Waals surface area (Å²) in [5.41, 5.74) is 1.36. The average molecular weight is 477 g/mol. The lowest BCUT2D eigenvalue weighted by Crippen LogP contribution is -2.24. The third kappa shape index (κ3) is 3.23. The second-order valence-electron chi connectivity index (χ2n) is 7.93. The zero-order valence-electron chi connectivity index (χ0n) is 17.2. The van der Waals surface area contributed by atoms with Gasteiger partial charge in [0, 0.05) is 16.5 Å². The van der Waals surface area contributed by atoms with E-state index in [2.05, 4.69) is 4.98 Å². The normalized spacial score (nSPS) is 14.2. The fraction of sp³-hybridized carbons (Fsp3) is 0.167. The Labute approximate surface area is 193 Å². The van der Waals surface area contributed by atoms with Crippen LogP contribution in [-0.2, 0) is 12.8 Å². The van der Waals surface area contributed by atoms with E-state index in [1.807, 2.05) is 0 Å². The van der Waals surface area contributed by atoms with E-state index in [1.54, 1.807) is 34.7 Å². The standard InChI is InChI=1S/C24H16N2O5S2/c27-20-19-15-6-1-2-7-17(15)32-22(19)26-21(28)18(33-24(26)25-20)11-14-8-9-16(31-14)12-4-3-5-13(10-12)23(29)30/h3-5,8-11H,1-2,6-7H2,(H,29,30). The summed E-state index contributed by atoms with van der Waals surface area (Å²) in [5.74, 6) is -0.0572. The number of aryl methyl sites for hydroxylation is 2. The largest absolute Gasteiger partial charge is 0.478 e. The molecule has 1 aromatic carbocycles. The lowest BCUT2D eigenvalue weighted by molar-refractivity contribution is 0.0697. The molecule has 4 aromatic heterocycles. The van der Waals surface area contributed by atoms with Crippen molar-refractivity contribution in [3.63, 3.8) is 0 Å². The first-order chi connectivity index (χ1) is 16.0. The average Bonchev–Trinajstić information content (AvgIpc) is 3.50. The van der Waals surface area contributed by atoms with Crippen molar-refractivity contribution in [1.29, 1.82) is 0 Å². The summed E-state index contributed by atoms with van der Waals surface area (Å²) < 4.78 is 7.84. The van der Waals surface area contributed by atoms with Crippen LogP contribution in [0, 0.1) is 0 Å². The Morgan fingerprint density at radius 2 is 1.97 bits per heavy atom. The number of carboxylic acids is 1. The molecule has 33 heavy (non-hydrogen) atoms. The molecular weight excluding hydrogens is 460 g/mol. The molecule has 1 aliphatic carbocycles. The van der Waals surface area contributed by atoms with Crippen molar-refractivity contribution in [1.82, 2.24) is 9.38 Å². The molecule has 0 saturated carbocycles. The molecule has 0 spiro atoms. The molecule has 0 saturated heterocycles. The third-order valence-corrected chi connectivity index (χ3v) is 8.11. The predicted molar refractivity (Wildman–Crippen MR) is 128 cm³/mol. The molecule has 164 valence electrons. The molecule has 9 heteroatoms. The number of aromatic nitrogens is 2. The monoisotopic (exact) mass is 476 g/mol. The van der Waals surface area contributed by atoms with Crippen molar-refractivity contribution in [2.75, 3.05) is 0 Å². The van der Waals surface area contributed by atoms with Crippen molar-refractivity contribution in [2.24, 2.45) is 0 Å². The van der Waals surface area contributed by atoms with Gasteiger partial charge in [-0.3, -0.25) is 9.59 Å². The number of rotatable bonds is 3. The van der Waals surface area contributed by atoms with Crippen LogP contribution in [0.5, 0.6) is 0 Å². The van der Waals surface area contributed by atoms with Crippen LogP contribution >= 0.6 is 22.7 Å². The summed E-state index contributed by atoms with van der Waals surface area (Å²) >= 11 is 2.68. The molecule has 0 aliphatic heterocycles. The summed E-state index contributed by atoms with van der Waals surface area (Å²) in [7, 11) is 0. The number of thiazole rings is 1. The number of fused-ring (bicyclic) bond motifs is 5. The van der Waals surface area contributed by atoms with Crippen LogP contribution < -0.4 is 15.7 Å². The quantitative estimate of drug-likeness (QED) is 0.426. The highest BCUT2D eigenvalue weighted by atomic mass is 32.1. The van der Waals surface area contributed by atoms with Crippen molar-refractivity contribution >= 4 is 49.9 Å². The maximum Gasteiger partial charge on any atom is 0.335 e. The van der Waals surface area contributed by atoms with Gasteiger partial charge in [0.1, 0.15) is 20.9 Å². The number of aromatic carboxylic acids is 1. The van der Waals surface area contributed by atoms with Gasteiger partial charge in [-0.1, -0.05) is 23.5 Å². The molecule has 5 aromatic rings. The smallest absolute Gasteiger partial charge is 0.335 e. The van der Waals surface area contributed by atoms with Gasteiger partial charge in [0.2, 0.25) is 4.96 Å². The van der Waals surface area contributed by atoms with Crippen molar-refractivity contribution in [3.05, 3.63) is 83.4 Å². The van der Waals surface area contributed by atoms with E-state index in [4.69, 9.17) is 4.42 Å². The number of nitrogens with zero attached hydrogens (tertiary/aromatic N) is 2. The first-order valence-electron chi connectivity index (χ1n) is 10.4. The zero-order chi connectivity index (χ0) is 22.7. The van der Waals surface area contributed by atoms with Crippen LogP contribution in [0.1, 0.15) is 39.4 Å². The topological polar surface area (TPSA) is 102 Å². The molecule has 0 radical (unpaired) electrons. The minimum atomic E-state index is -1.01. The Balaban J connectivity index is 1.49. The van der Waals surface area contributed by atoms with E-state index in [0.717, 1.165) is 42.6 Å². The van der Waals surface area contributed by atoms with Gasteiger partial charge in [-0.2, -0.15) is 4.98 Å². The fourth-order valence-electron chi connectivity index (χ4n) is 4.32. The van der Waals surface area contributed by atoms with Crippen molar-refractivity contribution in [2.45, 2.75) is 25.7 Å². The summed E-state index contributed by atoms with van der Waals surface area (Å²) in [5, 5.41) is 9.79. The lowest BCUT2D eigenvalue weighted by atomic mass is 9.97. The summed E-state index contributed by atoms with van der Waals surface area (Å²) in [4.78, 5) is 43.7. The van der Waals surface area contributed by atoms with Crippen LogP contribution in [0.15, 0.2) is 50.4 Å². The van der Waals surface area contributed by atoms with E-state index in [0.29, 0.717) is 36.8 Å². The van der Waals surface area contributed by atoms with Crippen LogP contribution in [0.25, 0.3) is 32.6 Å². The molecule has 0 amide bonds. The van der Waals surface area contributed by atoms with Gasteiger partial charge >= 0.3 is 5.97 Å². The Hall–Kier alpha value is -3.56. The van der Waals surface area contributed by atoms with Gasteiger partial charge in [-0.15, -0.1) is 11.3 Å². The highest BCUT2D eigenvalue weighted by Gasteiger charge is 2.22. The van der Waals surface area contributed by atoms with Crippen LogP contribution in [-0.4, -0.2) is 20.5 Å². The second kappa shape index (κ2) is 7.50. The second-order valence-corrected chi connectivity index (χ2v) is 10.0. The minimum Gasteiger partial charge on any atom is -0.478 e. The zero-order valence-corrected chi connectivity index (χ0v) is 18.8. The molecule has 6 rings (SSSR count). The third-order valence-electron chi connectivity index (χ3n) is 5.87. The summed E-state index contributed by atoms with van der Waals surface area (Å²) in [6.45, 7) is 0. The Morgan fingerprint density at radius 1 is 1.12 bits per heavy atom. The number of carboxylic acid groups (broad SMARTS) is 1. The van der Waals surface area contributed by atoms with E-state index in [-0.39, 0.29) is 16.7 Å². The maximum atomic E-state index is 13.3. The number of benzene rings is 1. The lowest BCUT2D eigenvalue weighted by Gasteiger charge is -2.09. The molecule has 1 N–H and O–H groups in total. The predicted octanol–water partition coefficient (Wildman–Crippen LogP) is 3.72. The Morgan fingerprint density at radius 3 is 2.82 bits per heavy atom. The van der Waals surface area contributed by atoms with Gasteiger partial charge in [0.25, 0.3) is 11.1 Å².